The van der Waals surface area contributed by atoms with Gasteiger partial charge in [-0.15, -0.1) is 0 Å². The number of anilines is 3. The Morgan fingerprint density at radius 1 is 1.04 bits per heavy atom. The van der Waals surface area contributed by atoms with E-state index in [0.717, 1.165) is 16.9 Å². The maximum atomic E-state index is 12.5. The number of pyridine rings is 1. The summed E-state index contributed by atoms with van der Waals surface area (Å²) in [5.74, 6) is 0.954. The third-order valence-electron chi connectivity index (χ3n) is 4.09. The molecule has 3 aromatic rings. The van der Waals surface area contributed by atoms with Crippen LogP contribution in [0.2, 0.25) is 5.02 Å². The molecule has 0 aliphatic carbocycles. The number of fused-ring (bicyclic) bond motifs is 1. The number of amides is 1. The van der Waals surface area contributed by atoms with E-state index >= 15 is 0 Å². The number of carbonyl (C=O) groups is 1. The number of halogens is 1. The molecule has 0 fully saturated rings. The summed E-state index contributed by atoms with van der Waals surface area (Å²) in [5.41, 5.74) is 3.58. The van der Waals surface area contributed by atoms with Gasteiger partial charge >= 0.3 is 0 Å². The predicted octanol–water partition coefficient (Wildman–Crippen LogP) is 4.77. The first-order valence-corrected chi connectivity index (χ1v) is 8.66. The van der Waals surface area contributed by atoms with Gasteiger partial charge in [-0.1, -0.05) is 11.6 Å². The number of aromatic nitrogens is 1. The fourth-order valence-electron chi connectivity index (χ4n) is 2.72. The molecule has 4 rings (SSSR count). The van der Waals surface area contributed by atoms with Gasteiger partial charge in [-0.3, -0.25) is 9.78 Å². The minimum absolute atomic E-state index is 0.187. The topological polar surface area (TPSA) is 72.5 Å². The molecule has 136 valence electrons. The molecule has 0 radical (unpaired) electrons. The number of nitrogens with zero attached hydrogens (tertiary/aromatic N) is 1. The molecule has 0 atom stereocenters. The number of benzene rings is 2. The summed E-state index contributed by atoms with van der Waals surface area (Å²) in [7, 11) is 0. The van der Waals surface area contributed by atoms with Crippen molar-refractivity contribution in [2.45, 2.75) is 6.92 Å². The minimum Gasteiger partial charge on any atom is -0.454 e. The Morgan fingerprint density at radius 2 is 1.89 bits per heavy atom. The van der Waals surface area contributed by atoms with Gasteiger partial charge in [-0.2, -0.15) is 0 Å². The first kappa shape index (κ1) is 17.2. The lowest BCUT2D eigenvalue weighted by Crippen LogP contribution is -2.13. The summed E-state index contributed by atoms with van der Waals surface area (Å²) in [5, 5.41) is 6.77. The molecule has 1 aromatic heterocycles. The van der Waals surface area contributed by atoms with Crippen LogP contribution in [0.3, 0.4) is 0 Å². The van der Waals surface area contributed by atoms with Gasteiger partial charge in [0.15, 0.2) is 11.5 Å². The van der Waals surface area contributed by atoms with E-state index in [0.29, 0.717) is 27.9 Å². The van der Waals surface area contributed by atoms with Gasteiger partial charge in [0.2, 0.25) is 6.79 Å². The van der Waals surface area contributed by atoms with Gasteiger partial charge in [-0.25, -0.2) is 0 Å². The zero-order valence-electron chi connectivity index (χ0n) is 14.5. The predicted molar refractivity (Wildman–Crippen MR) is 104 cm³/mol. The summed E-state index contributed by atoms with van der Waals surface area (Å²) >= 11 is 5.99. The summed E-state index contributed by atoms with van der Waals surface area (Å²) in [6, 6.07) is 14.3. The first-order valence-electron chi connectivity index (χ1n) is 8.29. The molecule has 0 saturated carbocycles. The van der Waals surface area contributed by atoms with Crippen molar-refractivity contribution in [3.05, 3.63) is 71.0 Å². The Morgan fingerprint density at radius 3 is 2.74 bits per heavy atom. The standard InChI is InChI=1S/C20H16ClN3O3/c1-12-8-13(21)2-4-16(12)23-15-6-7-22-17(9-15)20(25)24-14-3-5-18-19(10-14)27-11-26-18/h2-10H,11H2,1H3,(H,22,23)(H,24,25). The number of aryl methyl sites for hydroxylation is 1. The number of hydrogen-bond donors (Lipinski definition) is 2. The molecule has 6 nitrogen and oxygen atoms in total. The van der Waals surface area contributed by atoms with Crippen LogP contribution in [0.25, 0.3) is 0 Å². The fraction of sp³-hybridized carbons (Fsp3) is 0.100. The Hall–Kier alpha value is -3.25. The number of hydrogen-bond acceptors (Lipinski definition) is 5. The smallest absolute Gasteiger partial charge is 0.274 e. The zero-order chi connectivity index (χ0) is 18.8. The molecular formula is C20H16ClN3O3. The number of carbonyl (C=O) groups excluding carboxylic acids is 1. The number of rotatable bonds is 4. The van der Waals surface area contributed by atoms with Crippen LogP contribution in [0, 0.1) is 6.92 Å². The molecule has 2 heterocycles. The SMILES string of the molecule is Cc1cc(Cl)ccc1Nc1ccnc(C(=O)Nc2ccc3c(c2)OCO3)c1. The van der Waals surface area contributed by atoms with E-state index in [1.54, 1.807) is 36.5 Å². The van der Waals surface area contributed by atoms with Crippen molar-refractivity contribution >= 4 is 34.6 Å². The van der Waals surface area contributed by atoms with Crippen molar-refractivity contribution in [2.75, 3.05) is 17.4 Å². The fourth-order valence-corrected chi connectivity index (χ4v) is 2.95. The molecule has 1 aliphatic heterocycles. The zero-order valence-corrected chi connectivity index (χ0v) is 15.2. The Bertz CT molecular complexity index is 1020. The molecule has 27 heavy (non-hydrogen) atoms. The van der Waals surface area contributed by atoms with E-state index in [-0.39, 0.29) is 12.7 Å². The van der Waals surface area contributed by atoms with Crippen LogP contribution >= 0.6 is 11.6 Å². The molecule has 0 spiro atoms. The molecule has 1 amide bonds. The summed E-state index contributed by atoms with van der Waals surface area (Å²) in [6.45, 7) is 2.15. The molecule has 0 unspecified atom stereocenters. The molecule has 0 saturated heterocycles. The van der Waals surface area contributed by atoms with Gasteiger partial charge in [0.25, 0.3) is 5.91 Å². The normalized spacial score (nSPS) is 11.9. The lowest BCUT2D eigenvalue weighted by atomic mass is 10.2. The highest BCUT2D eigenvalue weighted by Gasteiger charge is 2.15. The van der Waals surface area contributed by atoms with Crippen molar-refractivity contribution < 1.29 is 14.3 Å². The highest BCUT2D eigenvalue weighted by Crippen LogP contribution is 2.34. The molecular weight excluding hydrogens is 366 g/mol. The molecule has 2 aromatic carbocycles. The maximum absolute atomic E-state index is 12.5. The van der Waals surface area contributed by atoms with Gasteiger partial charge in [0.1, 0.15) is 5.69 Å². The molecule has 7 heteroatoms. The lowest BCUT2D eigenvalue weighted by molar-refractivity contribution is 0.102. The lowest BCUT2D eigenvalue weighted by Gasteiger charge is -2.11. The van der Waals surface area contributed by atoms with Gasteiger partial charge < -0.3 is 20.1 Å². The molecule has 1 aliphatic rings. The van der Waals surface area contributed by atoms with Gasteiger partial charge in [-0.05, 0) is 55.0 Å². The van der Waals surface area contributed by atoms with E-state index in [2.05, 4.69) is 15.6 Å². The van der Waals surface area contributed by atoms with E-state index < -0.39 is 0 Å². The largest absolute Gasteiger partial charge is 0.454 e. The third kappa shape index (κ3) is 3.80. The van der Waals surface area contributed by atoms with Crippen molar-refractivity contribution in [3.63, 3.8) is 0 Å². The first-order chi connectivity index (χ1) is 13.1. The quantitative estimate of drug-likeness (QED) is 0.681. The highest BCUT2D eigenvalue weighted by atomic mass is 35.5. The van der Waals surface area contributed by atoms with E-state index in [1.807, 2.05) is 25.1 Å². The van der Waals surface area contributed by atoms with E-state index in [9.17, 15) is 4.79 Å². The van der Waals surface area contributed by atoms with Crippen LogP contribution in [-0.2, 0) is 0 Å². The van der Waals surface area contributed by atoms with Crippen LogP contribution in [0.1, 0.15) is 16.1 Å². The van der Waals surface area contributed by atoms with Crippen LogP contribution in [-0.4, -0.2) is 17.7 Å². The van der Waals surface area contributed by atoms with E-state index in [1.165, 1.54) is 0 Å². The number of ether oxygens (including phenoxy) is 2. The van der Waals surface area contributed by atoms with Crippen LogP contribution < -0.4 is 20.1 Å². The summed E-state index contributed by atoms with van der Waals surface area (Å²) in [4.78, 5) is 16.7. The Labute approximate surface area is 161 Å². The van der Waals surface area contributed by atoms with E-state index in [4.69, 9.17) is 21.1 Å². The Balaban J connectivity index is 1.50. The summed E-state index contributed by atoms with van der Waals surface area (Å²) < 4.78 is 10.6. The van der Waals surface area contributed by atoms with Crippen LogP contribution in [0.5, 0.6) is 11.5 Å². The second-order valence-electron chi connectivity index (χ2n) is 6.04. The average Bonchev–Trinajstić information content (AvgIpc) is 3.12. The second-order valence-corrected chi connectivity index (χ2v) is 6.47. The van der Waals surface area contributed by atoms with Crippen molar-refractivity contribution in [1.29, 1.82) is 0 Å². The third-order valence-corrected chi connectivity index (χ3v) is 4.33. The van der Waals surface area contributed by atoms with Crippen LogP contribution in [0.4, 0.5) is 17.1 Å². The molecule has 2 N–H and O–H groups in total. The van der Waals surface area contributed by atoms with Crippen molar-refractivity contribution in [1.82, 2.24) is 4.98 Å². The summed E-state index contributed by atoms with van der Waals surface area (Å²) in [6.07, 6.45) is 1.59. The highest BCUT2D eigenvalue weighted by molar-refractivity contribution is 6.30. The van der Waals surface area contributed by atoms with Crippen molar-refractivity contribution in [2.24, 2.45) is 0 Å². The Kier molecular flexibility index (Phi) is 4.56. The molecule has 0 bridgehead atoms. The number of nitrogens with one attached hydrogen (secondary N) is 2. The van der Waals surface area contributed by atoms with Crippen LogP contribution in [0.15, 0.2) is 54.7 Å². The average molecular weight is 382 g/mol. The monoisotopic (exact) mass is 381 g/mol. The van der Waals surface area contributed by atoms with Gasteiger partial charge in [0, 0.05) is 34.3 Å². The maximum Gasteiger partial charge on any atom is 0.274 e. The minimum atomic E-state index is -0.314. The second kappa shape index (κ2) is 7.17. The van der Waals surface area contributed by atoms with Gasteiger partial charge in [0.05, 0.1) is 0 Å². The van der Waals surface area contributed by atoms with Crippen molar-refractivity contribution in [3.8, 4) is 11.5 Å².